The summed E-state index contributed by atoms with van der Waals surface area (Å²) < 4.78 is 4.71. The fraction of sp³-hybridized carbons (Fsp3) is 0.0667. The quantitative estimate of drug-likeness (QED) is 0.376. The molecule has 0 saturated carbocycles. The highest BCUT2D eigenvalue weighted by Gasteiger charge is 2.23. The molecule has 0 N–H and O–H groups in total. The second-order valence-electron chi connectivity index (χ2n) is 4.33. The summed E-state index contributed by atoms with van der Waals surface area (Å²) in [5.41, 5.74) is -0.000664. The van der Waals surface area contributed by atoms with Gasteiger partial charge in [-0.05, 0) is 18.2 Å². The molecule has 0 heterocycles. The van der Waals surface area contributed by atoms with Crippen LogP contribution in [-0.2, 0) is 4.74 Å². The van der Waals surface area contributed by atoms with Gasteiger partial charge in [0.05, 0.1) is 10.5 Å². The average Bonchev–Trinajstić information content (AvgIpc) is 2.54. The van der Waals surface area contributed by atoms with E-state index in [4.69, 9.17) is 4.74 Å². The Morgan fingerprint density at radius 1 is 1.05 bits per heavy atom. The highest BCUT2D eigenvalue weighted by atomic mass is 16.6. The Labute approximate surface area is 125 Å². The summed E-state index contributed by atoms with van der Waals surface area (Å²) in [6.07, 6.45) is -0.997. The maximum Gasteiger partial charge on any atom is 0.422 e. The lowest BCUT2D eigenvalue weighted by atomic mass is 10.2. The summed E-state index contributed by atoms with van der Waals surface area (Å²) in [5, 5.41) is 11.0. The summed E-state index contributed by atoms with van der Waals surface area (Å²) in [6.45, 7) is 0. The average molecular weight is 300 g/mol. The minimum Gasteiger partial charge on any atom is -0.372 e. The van der Waals surface area contributed by atoms with E-state index in [1.165, 1.54) is 37.4 Å². The predicted octanol–water partition coefficient (Wildman–Crippen LogP) is 3.01. The predicted molar refractivity (Wildman–Crippen MR) is 78.8 cm³/mol. The Bertz CT molecular complexity index is 715. The molecule has 2 aromatic rings. The van der Waals surface area contributed by atoms with Crippen LogP contribution < -0.4 is 4.90 Å². The Balaban J connectivity index is 2.17. The topological polar surface area (TPSA) is 89.8 Å². The normalized spacial score (nSPS) is 9.86. The molecular formula is C15H12N2O5. The third-order valence-electron chi connectivity index (χ3n) is 2.90. The summed E-state index contributed by atoms with van der Waals surface area (Å²) in [4.78, 5) is 35.0. The number of anilines is 1. The Hall–Kier alpha value is -3.22. The summed E-state index contributed by atoms with van der Waals surface area (Å²) in [6, 6.07) is 13.7. The number of hydrogen-bond acceptors (Lipinski definition) is 5. The largest absolute Gasteiger partial charge is 0.422 e. The number of rotatable bonds is 3. The molecule has 1 amide bonds. The third-order valence-corrected chi connectivity index (χ3v) is 2.90. The molecule has 0 aliphatic heterocycles. The van der Waals surface area contributed by atoms with Crippen molar-refractivity contribution in [1.29, 1.82) is 0 Å². The number of carbonyl (C=O) groups is 2. The lowest BCUT2D eigenvalue weighted by Gasteiger charge is -2.16. The molecule has 2 aromatic carbocycles. The number of para-hydroxylation sites is 2. The Morgan fingerprint density at radius 3 is 2.27 bits per heavy atom. The van der Waals surface area contributed by atoms with Crippen molar-refractivity contribution in [3.05, 3.63) is 70.3 Å². The monoisotopic (exact) mass is 300 g/mol. The van der Waals surface area contributed by atoms with Crippen LogP contribution in [0.1, 0.15) is 10.4 Å². The van der Waals surface area contributed by atoms with Gasteiger partial charge in [-0.1, -0.05) is 30.3 Å². The van der Waals surface area contributed by atoms with Crippen LogP contribution in [-0.4, -0.2) is 24.0 Å². The molecule has 0 bridgehead atoms. The molecule has 0 unspecified atom stereocenters. The Morgan fingerprint density at radius 2 is 1.64 bits per heavy atom. The van der Waals surface area contributed by atoms with Crippen LogP contribution >= 0.6 is 0 Å². The third kappa shape index (κ3) is 3.26. The zero-order valence-corrected chi connectivity index (χ0v) is 11.6. The molecule has 0 aromatic heterocycles. The number of nitro groups is 1. The second-order valence-corrected chi connectivity index (χ2v) is 4.33. The van der Waals surface area contributed by atoms with Gasteiger partial charge in [0, 0.05) is 13.1 Å². The van der Waals surface area contributed by atoms with E-state index in [9.17, 15) is 19.7 Å². The highest BCUT2D eigenvalue weighted by Crippen LogP contribution is 2.27. The van der Waals surface area contributed by atoms with Crippen LogP contribution in [0, 0.1) is 10.1 Å². The van der Waals surface area contributed by atoms with Crippen molar-refractivity contribution in [3.63, 3.8) is 0 Å². The van der Waals surface area contributed by atoms with Crippen molar-refractivity contribution in [2.24, 2.45) is 0 Å². The van der Waals surface area contributed by atoms with Crippen molar-refractivity contribution >= 4 is 23.4 Å². The van der Waals surface area contributed by atoms with Gasteiger partial charge in [-0.3, -0.25) is 15.0 Å². The van der Waals surface area contributed by atoms with E-state index >= 15 is 0 Å². The second kappa shape index (κ2) is 6.49. The number of carbonyl (C=O) groups excluding carboxylic acids is 2. The van der Waals surface area contributed by atoms with Crippen molar-refractivity contribution in [2.45, 2.75) is 0 Å². The van der Waals surface area contributed by atoms with Crippen LogP contribution in [0.3, 0.4) is 0 Å². The number of esters is 1. The summed E-state index contributed by atoms with van der Waals surface area (Å²) >= 11 is 0. The number of hydrogen-bond donors (Lipinski definition) is 0. The van der Waals surface area contributed by atoms with Gasteiger partial charge in [0.1, 0.15) is 5.69 Å². The van der Waals surface area contributed by atoms with Gasteiger partial charge in [0.15, 0.2) is 0 Å². The van der Waals surface area contributed by atoms with E-state index in [1.807, 2.05) is 0 Å². The van der Waals surface area contributed by atoms with E-state index in [0.717, 1.165) is 4.90 Å². The molecule has 2 rings (SSSR count). The minimum atomic E-state index is -0.997. The number of amides is 1. The van der Waals surface area contributed by atoms with Gasteiger partial charge < -0.3 is 4.74 Å². The van der Waals surface area contributed by atoms with Gasteiger partial charge >= 0.3 is 12.1 Å². The Kier molecular flexibility index (Phi) is 4.47. The minimum absolute atomic E-state index is 0.0401. The molecule has 112 valence electrons. The van der Waals surface area contributed by atoms with Gasteiger partial charge in [0.25, 0.3) is 5.69 Å². The van der Waals surface area contributed by atoms with Crippen molar-refractivity contribution < 1.29 is 19.2 Å². The van der Waals surface area contributed by atoms with Crippen LogP contribution in [0.25, 0.3) is 0 Å². The van der Waals surface area contributed by atoms with E-state index in [0.29, 0.717) is 0 Å². The molecule has 0 radical (unpaired) electrons. The van der Waals surface area contributed by atoms with Crippen LogP contribution in [0.2, 0.25) is 0 Å². The van der Waals surface area contributed by atoms with Gasteiger partial charge in [-0.2, -0.15) is 0 Å². The molecule has 7 heteroatoms. The van der Waals surface area contributed by atoms with E-state index in [-0.39, 0.29) is 16.9 Å². The first-order valence-corrected chi connectivity index (χ1v) is 6.29. The fourth-order valence-corrected chi connectivity index (χ4v) is 1.78. The van der Waals surface area contributed by atoms with Crippen LogP contribution in [0.5, 0.6) is 0 Å². The lowest BCUT2D eigenvalue weighted by Crippen LogP contribution is -2.29. The fourth-order valence-electron chi connectivity index (χ4n) is 1.78. The van der Waals surface area contributed by atoms with Gasteiger partial charge in [0.2, 0.25) is 0 Å². The molecule has 0 atom stereocenters. The molecular weight excluding hydrogens is 288 g/mol. The first-order chi connectivity index (χ1) is 10.5. The van der Waals surface area contributed by atoms with Gasteiger partial charge in [-0.25, -0.2) is 9.59 Å². The van der Waals surface area contributed by atoms with Crippen LogP contribution in [0.15, 0.2) is 54.6 Å². The number of nitro benzene ring substituents is 1. The molecule has 0 aliphatic carbocycles. The first-order valence-electron chi connectivity index (χ1n) is 6.29. The van der Waals surface area contributed by atoms with E-state index in [2.05, 4.69) is 0 Å². The maximum absolute atomic E-state index is 12.0. The maximum atomic E-state index is 12.0. The standard InChI is InChI=1S/C15H12N2O5/c1-16(12-9-5-6-10-13(12)17(20)21)15(19)22-14(18)11-7-3-2-4-8-11/h2-10H,1H3. The SMILES string of the molecule is CN(C(=O)OC(=O)c1ccccc1)c1ccccc1[N+](=O)[O-]. The number of nitrogens with zero attached hydrogens (tertiary/aromatic N) is 2. The molecule has 22 heavy (non-hydrogen) atoms. The van der Waals surface area contributed by atoms with Crippen molar-refractivity contribution in [2.75, 3.05) is 11.9 Å². The molecule has 0 fully saturated rings. The highest BCUT2D eigenvalue weighted by molar-refractivity contribution is 6.01. The smallest absolute Gasteiger partial charge is 0.372 e. The molecule has 0 saturated heterocycles. The lowest BCUT2D eigenvalue weighted by molar-refractivity contribution is -0.384. The van der Waals surface area contributed by atoms with E-state index < -0.39 is 17.0 Å². The van der Waals surface area contributed by atoms with Crippen molar-refractivity contribution in [1.82, 2.24) is 0 Å². The number of benzene rings is 2. The first kappa shape index (κ1) is 15.2. The van der Waals surface area contributed by atoms with Crippen molar-refractivity contribution in [3.8, 4) is 0 Å². The number of ether oxygens (including phenoxy) is 1. The van der Waals surface area contributed by atoms with Gasteiger partial charge in [-0.15, -0.1) is 0 Å². The zero-order chi connectivity index (χ0) is 16.1. The summed E-state index contributed by atoms with van der Waals surface area (Å²) in [5.74, 6) is -0.823. The molecule has 0 spiro atoms. The van der Waals surface area contributed by atoms with E-state index in [1.54, 1.807) is 24.3 Å². The zero-order valence-electron chi connectivity index (χ0n) is 11.6. The van der Waals surface area contributed by atoms with Crippen LogP contribution in [0.4, 0.5) is 16.2 Å². The molecule has 7 nitrogen and oxygen atoms in total. The molecule has 0 aliphatic rings. The summed E-state index contributed by atoms with van der Waals surface area (Å²) in [7, 11) is 1.29.